The maximum Gasteiger partial charge on any atom is 0.319 e. The Morgan fingerprint density at radius 3 is 2.38 bits per heavy atom. The van der Waals surface area contributed by atoms with Crippen LogP contribution in [-0.4, -0.2) is 24.1 Å². The minimum absolute atomic E-state index is 0.260. The number of anilines is 2. The fraction of sp³-hybridized carbons (Fsp3) is 0.417. The Hall–Kier alpha value is -2.82. The molecule has 1 heterocycles. The monoisotopic (exact) mass is 394 g/mol. The van der Waals surface area contributed by atoms with E-state index in [0.29, 0.717) is 5.69 Å². The van der Waals surface area contributed by atoms with E-state index in [1.54, 1.807) is 6.20 Å². The second-order valence-corrected chi connectivity index (χ2v) is 7.96. The van der Waals surface area contributed by atoms with Crippen LogP contribution in [-0.2, 0) is 5.54 Å². The van der Waals surface area contributed by atoms with Crippen LogP contribution in [0.2, 0.25) is 0 Å². The Morgan fingerprint density at radius 2 is 1.83 bits per heavy atom. The van der Waals surface area contributed by atoms with Gasteiger partial charge in [-0.15, -0.1) is 0 Å². The van der Waals surface area contributed by atoms with E-state index in [1.807, 2.05) is 51.1 Å². The summed E-state index contributed by atoms with van der Waals surface area (Å²) >= 11 is 0. The van der Waals surface area contributed by atoms with Gasteiger partial charge in [0.1, 0.15) is 5.82 Å². The van der Waals surface area contributed by atoms with Crippen LogP contribution in [0, 0.1) is 0 Å². The van der Waals surface area contributed by atoms with Crippen LogP contribution in [0.3, 0.4) is 0 Å². The molecule has 1 aromatic carbocycles. The van der Waals surface area contributed by atoms with Gasteiger partial charge in [0.25, 0.3) is 0 Å². The molecule has 0 aliphatic rings. The van der Waals surface area contributed by atoms with Gasteiger partial charge in [0.15, 0.2) is 0 Å². The second kappa shape index (κ2) is 10.1. The van der Waals surface area contributed by atoms with Crippen molar-refractivity contribution in [1.29, 1.82) is 0 Å². The van der Waals surface area contributed by atoms with Crippen LogP contribution in [0.5, 0.6) is 0 Å². The molecule has 5 heteroatoms. The molecule has 0 fully saturated rings. The van der Waals surface area contributed by atoms with Crippen LogP contribution in [0.25, 0.3) is 5.57 Å². The van der Waals surface area contributed by atoms with E-state index in [0.717, 1.165) is 48.4 Å². The number of pyridine rings is 1. The molecule has 0 bridgehead atoms. The molecule has 0 aliphatic carbocycles. The van der Waals surface area contributed by atoms with E-state index in [4.69, 9.17) is 0 Å². The van der Waals surface area contributed by atoms with Crippen molar-refractivity contribution < 1.29 is 4.79 Å². The summed E-state index contributed by atoms with van der Waals surface area (Å²) in [7, 11) is 0. The third-order valence-electron chi connectivity index (χ3n) is 4.82. The number of hydrogen-bond donors (Lipinski definition) is 2. The molecule has 0 saturated carbocycles. The Labute approximate surface area is 175 Å². The first-order valence-electron chi connectivity index (χ1n) is 10.3. The highest BCUT2D eigenvalue weighted by molar-refractivity contribution is 5.89. The second-order valence-electron chi connectivity index (χ2n) is 7.96. The molecular formula is C24H34N4O. The van der Waals surface area contributed by atoms with Gasteiger partial charge in [-0.1, -0.05) is 44.2 Å². The molecule has 2 rings (SSSR count). The van der Waals surface area contributed by atoms with Crippen molar-refractivity contribution in [1.82, 2.24) is 10.3 Å². The summed E-state index contributed by atoms with van der Waals surface area (Å²) in [4.78, 5) is 19.4. The molecule has 156 valence electrons. The highest BCUT2D eigenvalue weighted by Crippen LogP contribution is 2.24. The molecule has 0 saturated heterocycles. The highest BCUT2D eigenvalue weighted by atomic mass is 16.2. The number of hydrogen-bond acceptors (Lipinski definition) is 3. The molecular weight excluding hydrogens is 360 g/mol. The van der Waals surface area contributed by atoms with E-state index in [2.05, 4.69) is 47.0 Å². The van der Waals surface area contributed by atoms with Gasteiger partial charge in [-0.3, -0.25) is 0 Å². The average Bonchev–Trinajstić information content (AvgIpc) is 2.68. The van der Waals surface area contributed by atoms with Crippen LogP contribution < -0.4 is 15.5 Å². The zero-order valence-corrected chi connectivity index (χ0v) is 18.4. The lowest BCUT2D eigenvalue weighted by molar-refractivity contribution is 0.242. The Bertz CT molecular complexity index is 821. The zero-order chi connectivity index (χ0) is 21.4. The van der Waals surface area contributed by atoms with Crippen molar-refractivity contribution in [2.45, 2.75) is 53.0 Å². The molecule has 1 aromatic heterocycles. The van der Waals surface area contributed by atoms with Crippen molar-refractivity contribution in [3.63, 3.8) is 0 Å². The Morgan fingerprint density at radius 1 is 1.14 bits per heavy atom. The fourth-order valence-corrected chi connectivity index (χ4v) is 3.22. The van der Waals surface area contributed by atoms with Gasteiger partial charge < -0.3 is 15.5 Å². The van der Waals surface area contributed by atoms with E-state index in [1.165, 1.54) is 0 Å². The van der Waals surface area contributed by atoms with E-state index in [9.17, 15) is 4.79 Å². The molecule has 2 amide bonds. The summed E-state index contributed by atoms with van der Waals surface area (Å²) in [6.45, 7) is 16.2. The molecule has 5 nitrogen and oxygen atoms in total. The SMILES string of the molecule is C=C(C)c1cccc(C(C)(C)NC(=O)Nc2ccc(N(CCC)CCC)nc2)c1. The lowest BCUT2D eigenvalue weighted by Crippen LogP contribution is -2.43. The van der Waals surface area contributed by atoms with Crippen molar-refractivity contribution in [2.75, 3.05) is 23.3 Å². The number of allylic oxidation sites excluding steroid dienone is 1. The first-order chi connectivity index (χ1) is 13.8. The minimum atomic E-state index is -0.526. The van der Waals surface area contributed by atoms with Crippen molar-refractivity contribution in [3.8, 4) is 0 Å². The van der Waals surface area contributed by atoms with Gasteiger partial charge in [0.05, 0.1) is 17.4 Å². The third-order valence-corrected chi connectivity index (χ3v) is 4.82. The van der Waals surface area contributed by atoms with E-state index >= 15 is 0 Å². The first-order valence-corrected chi connectivity index (χ1v) is 10.3. The van der Waals surface area contributed by atoms with E-state index in [-0.39, 0.29) is 6.03 Å². The number of carbonyl (C=O) groups excluding carboxylic acids is 1. The van der Waals surface area contributed by atoms with Gasteiger partial charge in [0.2, 0.25) is 0 Å². The van der Waals surface area contributed by atoms with Gasteiger partial charge in [-0.05, 0) is 62.9 Å². The smallest absolute Gasteiger partial charge is 0.319 e. The summed E-state index contributed by atoms with van der Waals surface area (Å²) in [6.07, 6.45) is 3.86. The highest BCUT2D eigenvalue weighted by Gasteiger charge is 2.23. The third kappa shape index (κ3) is 6.34. The maximum absolute atomic E-state index is 12.6. The van der Waals surface area contributed by atoms with E-state index < -0.39 is 5.54 Å². The van der Waals surface area contributed by atoms with Gasteiger partial charge >= 0.3 is 6.03 Å². The van der Waals surface area contributed by atoms with Gasteiger partial charge in [0, 0.05) is 13.1 Å². The number of benzene rings is 1. The van der Waals surface area contributed by atoms with Gasteiger partial charge in [-0.25, -0.2) is 9.78 Å². The Balaban J connectivity index is 2.04. The molecule has 0 unspecified atom stereocenters. The summed E-state index contributed by atoms with van der Waals surface area (Å²) in [6, 6.07) is 11.7. The number of nitrogens with one attached hydrogen (secondary N) is 2. The van der Waals surface area contributed by atoms with Crippen LogP contribution in [0.15, 0.2) is 49.2 Å². The summed E-state index contributed by atoms with van der Waals surface area (Å²) in [5, 5.41) is 5.93. The topological polar surface area (TPSA) is 57.3 Å². The molecule has 29 heavy (non-hydrogen) atoms. The van der Waals surface area contributed by atoms with Crippen LogP contribution in [0.4, 0.5) is 16.3 Å². The van der Waals surface area contributed by atoms with Crippen molar-refractivity contribution in [2.24, 2.45) is 0 Å². The lowest BCUT2D eigenvalue weighted by atomic mass is 9.92. The number of nitrogens with zero attached hydrogens (tertiary/aromatic N) is 2. The molecule has 0 radical (unpaired) electrons. The number of aromatic nitrogens is 1. The van der Waals surface area contributed by atoms with Crippen molar-refractivity contribution >= 4 is 23.1 Å². The number of urea groups is 1. The predicted octanol–water partition coefficient (Wildman–Crippen LogP) is 5.80. The molecule has 0 aliphatic heterocycles. The summed E-state index contributed by atoms with van der Waals surface area (Å²) in [5.74, 6) is 0.941. The minimum Gasteiger partial charge on any atom is -0.357 e. The number of amides is 2. The standard InChI is InChI=1S/C24H34N4O/c1-7-14-28(15-8-2)22-13-12-21(17-25-22)26-23(29)27-24(5,6)20-11-9-10-19(16-20)18(3)4/h9-13,16-17H,3,7-8,14-15H2,1-2,4-6H3,(H2,26,27,29). The predicted molar refractivity (Wildman–Crippen MR) is 123 cm³/mol. The number of rotatable bonds is 9. The molecule has 2 N–H and O–H groups in total. The molecule has 2 aromatic rings. The summed E-state index contributed by atoms with van der Waals surface area (Å²) < 4.78 is 0. The fourth-order valence-electron chi connectivity index (χ4n) is 3.22. The number of carbonyl (C=O) groups is 1. The normalized spacial score (nSPS) is 11.1. The first kappa shape index (κ1) is 22.5. The van der Waals surface area contributed by atoms with Gasteiger partial charge in [-0.2, -0.15) is 0 Å². The lowest BCUT2D eigenvalue weighted by Gasteiger charge is -2.27. The molecule has 0 atom stereocenters. The summed E-state index contributed by atoms with van der Waals surface area (Å²) in [5.41, 5.74) is 3.24. The molecule has 0 spiro atoms. The average molecular weight is 395 g/mol. The largest absolute Gasteiger partial charge is 0.357 e. The maximum atomic E-state index is 12.6. The Kier molecular flexibility index (Phi) is 7.82. The quantitative estimate of drug-likeness (QED) is 0.565. The van der Waals surface area contributed by atoms with Crippen molar-refractivity contribution in [3.05, 3.63) is 60.3 Å². The van der Waals surface area contributed by atoms with Crippen LogP contribution in [0.1, 0.15) is 58.6 Å². The zero-order valence-electron chi connectivity index (χ0n) is 18.4. The van der Waals surface area contributed by atoms with Crippen LogP contribution >= 0.6 is 0 Å².